The molecular weight excluding hydrogens is 324 g/mol. The lowest BCUT2D eigenvalue weighted by Crippen LogP contribution is -2.22. The molecule has 0 atom stereocenters. The second-order valence-electron chi connectivity index (χ2n) is 6.49. The Morgan fingerprint density at radius 2 is 1.65 bits per heavy atom. The molecule has 0 amide bonds. The number of para-hydroxylation sites is 1. The molecule has 0 radical (unpaired) electrons. The van der Waals surface area contributed by atoms with Gasteiger partial charge in [0.25, 0.3) is 5.56 Å². The van der Waals surface area contributed by atoms with Crippen LogP contribution in [0, 0.1) is 6.92 Å². The number of aromatic nitrogens is 2. The van der Waals surface area contributed by atoms with Crippen molar-refractivity contribution in [3.63, 3.8) is 0 Å². The van der Waals surface area contributed by atoms with Crippen LogP contribution in [0.5, 0.6) is 0 Å². The van der Waals surface area contributed by atoms with Crippen molar-refractivity contribution in [2.45, 2.75) is 6.92 Å². The molecule has 0 fully saturated rings. The van der Waals surface area contributed by atoms with Crippen LogP contribution in [0.4, 0.5) is 0 Å². The van der Waals surface area contributed by atoms with Crippen LogP contribution in [-0.2, 0) is 0 Å². The molecule has 1 N–H and O–H groups in total. The quantitative estimate of drug-likeness (QED) is 0.697. The molecule has 0 bridgehead atoms. The summed E-state index contributed by atoms with van der Waals surface area (Å²) < 4.78 is 1.58. The minimum absolute atomic E-state index is 0.0823. The smallest absolute Gasteiger partial charge is 0.280 e. The molecule has 1 heterocycles. The summed E-state index contributed by atoms with van der Waals surface area (Å²) in [5, 5.41) is 3.19. The van der Waals surface area contributed by atoms with Crippen LogP contribution in [0.2, 0.25) is 0 Å². The van der Waals surface area contributed by atoms with E-state index in [9.17, 15) is 4.79 Å². The van der Waals surface area contributed by atoms with Crippen LogP contribution in [0.15, 0.2) is 70.5 Å². The Hall–Kier alpha value is -2.92. The van der Waals surface area contributed by atoms with E-state index in [0.29, 0.717) is 12.1 Å². The lowest BCUT2D eigenvalue weighted by molar-refractivity contribution is 0.420. The number of aryl methyl sites for hydroxylation is 1. The number of nitrogens with one attached hydrogen (secondary N) is 1. The standard InChI is InChI=1S/C21H24N4O/c1-16-19(21(26)25(23-16)18-12-8-5-9-13-18)20(22-14-15-24(2)3)17-10-6-4-7-11-17/h4-13,23H,14-15H2,1-3H3. The van der Waals surface area contributed by atoms with Gasteiger partial charge in [0.05, 0.1) is 23.5 Å². The fraction of sp³-hybridized carbons (Fsp3) is 0.238. The van der Waals surface area contributed by atoms with Gasteiger partial charge in [0.15, 0.2) is 0 Å². The number of aliphatic imine (C=N–C) groups is 1. The van der Waals surface area contributed by atoms with Gasteiger partial charge in [0.2, 0.25) is 0 Å². The molecule has 3 aromatic rings. The molecule has 0 aliphatic rings. The van der Waals surface area contributed by atoms with Gasteiger partial charge in [-0.2, -0.15) is 0 Å². The normalized spacial score (nSPS) is 11.9. The van der Waals surface area contributed by atoms with Crippen molar-refractivity contribution < 1.29 is 0 Å². The monoisotopic (exact) mass is 348 g/mol. The second kappa shape index (κ2) is 7.97. The van der Waals surface area contributed by atoms with Gasteiger partial charge in [0.1, 0.15) is 0 Å². The van der Waals surface area contributed by atoms with E-state index in [-0.39, 0.29) is 5.56 Å². The molecule has 0 spiro atoms. The Kier molecular flexibility index (Phi) is 5.49. The van der Waals surface area contributed by atoms with Crippen molar-refractivity contribution in [2.24, 2.45) is 4.99 Å². The Labute approximate surface area is 153 Å². The molecule has 5 heteroatoms. The Morgan fingerprint density at radius 1 is 1.04 bits per heavy atom. The zero-order chi connectivity index (χ0) is 18.5. The fourth-order valence-corrected chi connectivity index (χ4v) is 2.86. The lowest BCUT2D eigenvalue weighted by atomic mass is 10.0. The van der Waals surface area contributed by atoms with E-state index in [2.05, 4.69) is 10.00 Å². The Balaban J connectivity index is 2.10. The summed E-state index contributed by atoms with van der Waals surface area (Å²) in [6, 6.07) is 19.5. The van der Waals surface area contributed by atoms with E-state index in [1.165, 1.54) is 0 Å². The van der Waals surface area contributed by atoms with E-state index in [0.717, 1.165) is 29.2 Å². The van der Waals surface area contributed by atoms with Crippen molar-refractivity contribution in [3.8, 4) is 5.69 Å². The zero-order valence-electron chi connectivity index (χ0n) is 15.4. The fourth-order valence-electron chi connectivity index (χ4n) is 2.86. The lowest BCUT2D eigenvalue weighted by Gasteiger charge is -2.09. The maximum Gasteiger partial charge on any atom is 0.280 e. The molecule has 5 nitrogen and oxygen atoms in total. The van der Waals surface area contributed by atoms with E-state index >= 15 is 0 Å². The molecule has 26 heavy (non-hydrogen) atoms. The second-order valence-corrected chi connectivity index (χ2v) is 6.49. The van der Waals surface area contributed by atoms with Crippen LogP contribution >= 0.6 is 0 Å². The van der Waals surface area contributed by atoms with E-state index < -0.39 is 0 Å². The molecule has 0 aliphatic heterocycles. The third-order valence-corrected chi connectivity index (χ3v) is 4.19. The first-order valence-electron chi connectivity index (χ1n) is 8.70. The van der Waals surface area contributed by atoms with Gasteiger partial charge in [-0.15, -0.1) is 0 Å². The summed E-state index contributed by atoms with van der Waals surface area (Å²) in [6.07, 6.45) is 0. The summed E-state index contributed by atoms with van der Waals surface area (Å²) in [4.78, 5) is 20.0. The van der Waals surface area contributed by atoms with Gasteiger partial charge in [-0.05, 0) is 33.2 Å². The molecule has 2 aromatic carbocycles. The van der Waals surface area contributed by atoms with Gasteiger partial charge in [-0.1, -0.05) is 48.5 Å². The van der Waals surface area contributed by atoms with Crippen LogP contribution in [0.1, 0.15) is 16.8 Å². The highest BCUT2D eigenvalue weighted by Gasteiger charge is 2.19. The summed E-state index contributed by atoms with van der Waals surface area (Å²) in [5.41, 5.74) is 3.85. The number of aromatic amines is 1. The Bertz CT molecular complexity index is 937. The zero-order valence-corrected chi connectivity index (χ0v) is 15.4. The first kappa shape index (κ1) is 17.9. The molecule has 0 saturated heterocycles. The maximum absolute atomic E-state index is 13.1. The summed E-state index contributed by atoms with van der Waals surface area (Å²) in [7, 11) is 4.03. The van der Waals surface area contributed by atoms with Crippen molar-refractivity contribution in [1.29, 1.82) is 0 Å². The van der Waals surface area contributed by atoms with Crippen LogP contribution in [0.25, 0.3) is 5.69 Å². The number of nitrogens with zero attached hydrogens (tertiary/aromatic N) is 3. The molecule has 0 unspecified atom stereocenters. The molecule has 3 rings (SSSR count). The molecule has 1 aromatic heterocycles. The number of rotatable bonds is 6. The average molecular weight is 348 g/mol. The van der Waals surface area contributed by atoms with E-state index in [1.54, 1.807) is 4.68 Å². The SMILES string of the molecule is Cc1[nH]n(-c2ccccc2)c(=O)c1C(=NCCN(C)C)c1ccccc1. The summed E-state index contributed by atoms with van der Waals surface area (Å²) in [6.45, 7) is 3.37. The van der Waals surface area contributed by atoms with E-state index in [4.69, 9.17) is 4.99 Å². The van der Waals surface area contributed by atoms with Crippen molar-refractivity contribution in [2.75, 3.05) is 27.2 Å². The Morgan fingerprint density at radius 3 is 2.27 bits per heavy atom. The largest absolute Gasteiger partial charge is 0.308 e. The van der Waals surface area contributed by atoms with Gasteiger partial charge in [-0.25, -0.2) is 4.68 Å². The van der Waals surface area contributed by atoms with Crippen LogP contribution < -0.4 is 5.56 Å². The third kappa shape index (κ3) is 3.83. The number of H-pyrrole nitrogens is 1. The first-order chi connectivity index (χ1) is 12.6. The van der Waals surface area contributed by atoms with E-state index in [1.807, 2.05) is 81.7 Å². The number of hydrogen-bond donors (Lipinski definition) is 1. The maximum atomic E-state index is 13.1. The molecule has 0 saturated carbocycles. The highest BCUT2D eigenvalue weighted by Crippen LogP contribution is 2.13. The van der Waals surface area contributed by atoms with Gasteiger partial charge in [-0.3, -0.25) is 14.9 Å². The molecule has 134 valence electrons. The third-order valence-electron chi connectivity index (χ3n) is 4.19. The van der Waals surface area contributed by atoms with Crippen molar-refractivity contribution in [3.05, 3.63) is 87.8 Å². The predicted octanol–water partition coefficient (Wildman–Crippen LogP) is 2.87. The van der Waals surface area contributed by atoms with Gasteiger partial charge >= 0.3 is 0 Å². The van der Waals surface area contributed by atoms with Gasteiger partial charge in [0, 0.05) is 17.8 Å². The van der Waals surface area contributed by atoms with Crippen LogP contribution in [0.3, 0.4) is 0 Å². The average Bonchev–Trinajstić information content (AvgIpc) is 2.95. The highest BCUT2D eigenvalue weighted by molar-refractivity contribution is 6.13. The van der Waals surface area contributed by atoms with Crippen LogP contribution in [-0.4, -0.2) is 47.6 Å². The minimum atomic E-state index is -0.0823. The molecular formula is C21H24N4O. The predicted molar refractivity (Wildman–Crippen MR) is 107 cm³/mol. The first-order valence-corrected chi connectivity index (χ1v) is 8.70. The highest BCUT2D eigenvalue weighted by atomic mass is 16.1. The van der Waals surface area contributed by atoms with Crippen molar-refractivity contribution >= 4 is 5.71 Å². The number of benzene rings is 2. The van der Waals surface area contributed by atoms with Crippen molar-refractivity contribution in [1.82, 2.24) is 14.7 Å². The number of hydrogen-bond acceptors (Lipinski definition) is 3. The summed E-state index contributed by atoms with van der Waals surface area (Å²) >= 11 is 0. The summed E-state index contributed by atoms with van der Waals surface area (Å²) in [5.74, 6) is 0. The van der Waals surface area contributed by atoms with Gasteiger partial charge < -0.3 is 4.90 Å². The minimum Gasteiger partial charge on any atom is -0.308 e. The number of likely N-dealkylation sites (N-methyl/N-ethyl adjacent to an activating group) is 1. The topological polar surface area (TPSA) is 53.4 Å². The molecule has 0 aliphatic carbocycles.